The zero-order chi connectivity index (χ0) is 49.1. The van der Waals surface area contributed by atoms with Gasteiger partial charge in [0.2, 0.25) is 0 Å². The van der Waals surface area contributed by atoms with E-state index in [-0.39, 0.29) is 57.7 Å². The number of aryl methyl sites for hydroxylation is 8. The van der Waals surface area contributed by atoms with E-state index < -0.39 is 11.5 Å². The maximum Gasteiger partial charge on any atom is 1.00 e. The summed E-state index contributed by atoms with van der Waals surface area (Å²) >= 11 is 0. The van der Waals surface area contributed by atoms with Crippen molar-refractivity contribution in [3.8, 4) is 11.5 Å². The normalized spacial score (nSPS) is 12.2. The molecule has 0 aliphatic heterocycles. The molecule has 4 atom stereocenters. The summed E-state index contributed by atoms with van der Waals surface area (Å²) in [6, 6.07) is 48.7. The van der Waals surface area contributed by atoms with Gasteiger partial charge >= 0.3 is 33.6 Å². The molecule has 0 spiro atoms. The Bertz CT molecular complexity index is 2550. The standard InChI is InChI=1S/2C25H31N3.C10H8O2.2Co/c2*1-16-10-7-11-17(2)24(16)26-20(5)22-14-9-15-23(28-22)21(6)27-25-18(3)12-8-13-19(25)4;11-9-5-7-3-1-2-4-8(7)6-10(9)12;;/h2*7-15,20-21,26-27H,1-6H3;1-6,11-12H;;/q;;;2*+1/p-2. The fraction of sp³-hybridized carbons (Fsp3) is 0.267. The molecular formula is C60H68Co2N6O2. The van der Waals surface area contributed by atoms with E-state index in [9.17, 15) is 10.2 Å². The first-order valence-electron chi connectivity index (χ1n) is 23.6. The summed E-state index contributed by atoms with van der Waals surface area (Å²) < 4.78 is 0. The summed E-state index contributed by atoms with van der Waals surface area (Å²) in [4.78, 5) is 9.92. The van der Waals surface area contributed by atoms with Gasteiger partial charge in [0, 0.05) is 22.7 Å². The number of nitrogens with one attached hydrogen (secondary N) is 4. The van der Waals surface area contributed by atoms with E-state index in [0.29, 0.717) is 0 Å². The molecule has 0 fully saturated rings. The van der Waals surface area contributed by atoms with Crippen LogP contribution < -0.4 is 31.5 Å². The van der Waals surface area contributed by atoms with E-state index >= 15 is 0 Å². The molecule has 0 aliphatic carbocycles. The Morgan fingerprint density at radius 2 is 0.514 bits per heavy atom. The third kappa shape index (κ3) is 14.6. The second-order valence-electron chi connectivity index (χ2n) is 18.2. The number of rotatable bonds is 12. The van der Waals surface area contributed by atoms with E-state index in [4.69, 9.17) is 9.97 Å². The number of fused-ring (bicyclic) bond motifs is 1. The molecule has 0 radical (unpaired) electrons. The number of nitrogens with zero attached hydrogens (tertiary/aromatic N) is 2. The maximum absolute atomic E-state index is 10.9. The number of anilines is 4. The first-order valence-corrected chi connectivity index (χ1v) is 23.6. The maximum atomic E-state index is 10.9. The molecule has 0 saturated carbocycles. The van der Waals surface area contributed by atoms with E-state index in [0.717, 1.165) is 33.5 Å². The Morgan fingerprint density at radius 3 is 0.729 bits per heavy atom. The van der Waals surface area contributed by atoms with Gasteiger partial charge in [-0.3, -0.25) is 9.97 Å². The molecule has 8 nitrogen and oxygen atoms in total. The van der Waals surface area contributed by atoms with Crippen molar-refractivity contribution < 1.29 is 43.8 Å². The van der Waals surface area contributed by atoms with E-state index in [2.05, 4.69) is 214 Å². The molecule has 0 bridgehead atoms. The summed E-state index contributed by atoms with van der Waals surface area (Å²) in [7, 11) is 0. The Hall–Kier alpha value is -6.31. The summed E-state index contributed by atoms with van der Waals surface area (Å²) in [6.45, 7) is 25.8. The molecule has 70 heavy (non-hydrogen) atoms. The van der Waals surface area contributed by atoms with Crippen molar-refractivity contribution in [2.24, 2.45) is 0 Å². The van der Waals surface area contributed by atoms with Gasteiger partial charge in [0.25, 0.3) is 0 Å². The Labute approximate surface area is 437 Å². The molecule has 0 aliphatic rings. The Morgan fingerprint density at radius 1 is 0.314 bits per heavy atom. The predicted molar refractivity (Wildman–Crippen MR) is 283 cm³/mol. The number of hydrogen-bond donors (Lipinski definition) is 4. The molecule has 368 valence electrons. The minimum absolute atomic E-state index is 0. The van der Waals surface area contributed by atoms with Gasteiger partial charge in [-0.15, -0.1) is 11.5 Å². The molecule has 0 saturated heterocycles. The molecule has 8 aromatic rings. The number of para-hydroxylation sites is 4. The number of aromatic nitrogens is 2. The van der Waals surface area contributed by atoms with Gasteiger partial charge in [-0.1, -0.05) is 121 Å². The molecular weight excluding hydrogens is 955 g/mol. The number of pyridine rings is 2. The quantitative estimate of drug-likeness (QED) is 0.0955. The van der Waals surface area contributed by atoms with Gasteiger partial charge in [-0.05, 0) is 163 Å². The molecule has 6 aromatic carbocycles. The number of benzene rings is 6. The second kappa shape index (κ2) is 26.1. The van der Waals surface area contributed by atoms with Crippen molar-refractivity contribution in [3.05, 3.63) is 213 Å². The number of hydrogen-bond acceptors (Lipinski definition) is 8. The van der Waals surface area contributed by atoms with Crippen LogP contribution in [0.2, 0.25) is 0 Å². The van der Waals surface area contributed by atoms with Crippen molar-refractivity contribution in [1.29, 1.82) is 0 Å². The van der Waals surface area contributed by atoms with Crippen molar-refractivity contribution in [2.45, 2.75) is 107 Å². The monoisotopic (exact) mass is 1020 g/mol. The largest absolute Gasteiger partial charge is 1.00 e. The van der Waals surface area contributed by atoms with Crippen LogP contribution in [0.5, 0.6) is 11.5 Å². The van der Waals surface area contributed by atoms with Gasteiger partial charge in [0.1, 0.15) is 0 Å². The van der Waals surface area contributed by atoms with Crippen LogP contribution in [0.4, 0.5) is 22.7 Å². The zero-order valence-corrected chi connectivity index (χ0v) is 44.6. The van der Waals surface area contributed by atoms with Crippen LogP contribution in [0, 0.1) is 55.4 Å². The molecule has 4 unspecified atom stereocenters. The molecule has 10 heteroatoms. The van der Waals surface area contributed by atoms with Gasteiger partial charge in [-0.25, -0.2) is 0 Å². The van der Waals surface area contributed by atoms with Crippen LogP contribution in [0.15, 0.2) is 146 Å². The molecule has 8 rings (SSSR count). The molecule has 2 aromatic heterocycles. The second-order valence-corrected chi connectivity index (χ2v) is 18.2. The van der Waals surface area contributed by atoms with Crippen molar-refractivity contribution in [3.63, 3.8) is 0 Å². The Balaban J connectivity index is 0.000000241. The van der Waals surface area contributed by atoms with Crippen LogP contribution in [-0.2, 0) is 33.6 Å². The van der Waals surface area contributed by atoms with Gasteiger partial charge in [0.15, 0.2) is 0 Å². The van der Waals surface area contributed by atoms with E-state index in [1.165, 1.54) is 79.4 Å². The summed E-state index contributed by atoms with van der Waals surface area (Å²) in [5.74, 6) is -0.873. The average molecular weight is 1020 g/mol. The predicted octanol–water partition coefficient (Wildman–Crippen LogP) is 14.3. The van der Waals surface area contributed by atoms with Crippen molar-refractivity contribution >= 4 is 33.5 Å². The molecule has 2 heterocycles. The molecule has 4 N–H and O–H groups in total. The average Bonchev–Trinajstić information content (AvgIpc) is 3.32. The van der Waals surface area contributed by atoms with Crippen molar-refractivity contribution in [1.82, 2.24) is 9.97 Å². The van der Waals surface area contributed by atoms with E-state index in [1.54, 1.807) is 0 Å². The fourth-order valence-corrected chi connectivity index (χ4v) is 8.43. The van der Waals surface area contributed by atoms with Crippen LogP contribution in [0.25, 0.3) is 10.8 Å². The molecule has 0 amide bonds. The summed E-state index contributed by atoms with van der Waals surface area (Å²) in [6.07, 6.45) is 0. The van der Waals surface area contributed by atoms with Crippen LogP contribution >= 0.6 is 0 Å². The van der Waals surface area contributed by atoms with Crippen LogP contribution in [0.1, 0.15) is 119 Å². The third-order valence-corrected chi connectivity index (χ3v) is 12.5. The fourth-order valence-electron chi connectivity index (χ4n) is 8.43. The smallest absolute Gasteiger partial charge is 0.873 e. The minimum Gasteiger partial charge on any atom is -0.873 e. The van der Waals surface area contributed by atoms with Gasteiger partial charge in [-0.2, -0.15) is 0 Å². The zero-order valence-electron chi connectivity index (χ0n) is 42.5. The summed E-state index contributed by atoms with van der Waals surface area (Å²) in [5, 5.41) is 38.1. The topological polar surface area (TPSA) is 120 Å². The third-order valence-electron chi connectivity index (χ3n) is 12.5. The van der Waals surface area contributed by atoms with Gasteiger partial charge in [0.05, 0.1) is 46.9 Å². The van der Waals surface area contributed by atoms with Crippen molar-refractivity contribution in [2.75, 3.05) is 21.3 Å². The van der Waals surface area contributed by atoms with Crippen LogP contribution in [-0.4, -0.2) is 9.97 Å². The Kier molecular flexibility index (Phi) is 21.0. The summed E-state index contributed by atoms with van der Waals surface area (Å²) in [5.41, 5.74) is 19.1. The van der Waals surface area contributed by atoms with Gasteiger partial charge < -0.3 is 31.5 Å². The van der Waals surface area contributed by atoms with E-state index in [1.807, 2.05) is 24.3 Å². The SMILES string of the molecule is Cc1cccc(C)c1NC(C)c1cccc(C(C)Nc2c(C)cccc2C)n1.Cc1cccc(C)c1NC(C)c1cccc(C(C)Nc2c(C)cccc2C)n1.[Co+].[Co+].[O-]c1cc2ccccc2cc1[O-]. The first kappa shape index (κ1) is 56.3. The minimum atomic E-state index is -0.436. The first-order chi connectivity index (χ1) is 32.5. The van der Waals surface area contributed by atoms with Crippen LogP contribution in [0.3, 0.4) is 0 Å².